The normalized spacial score (nSPS) is 10.4. The minimum Gasteiger partial charge on any atom is -0.505 e. The first-order valence-corrected chi connectivity index (χ1v) is 6.04. The largest absolute Gasteiger partial charge is 0.505 e. The summed E-state index contributed by atoms with van der Waals surface area (Å²) in [5, 5.41) is 13.2. The molecule has 2 aromatic heterocycles. The minimum atomic E-state index is -0.452. The van der Waals surface area contributed by atoms with E-state index >= 15 is 0 Å². The highest BCUT2D eigenvalue weighted by Gasteiger charge is 2.12. The summed E-state index contributed by atoms with van der Waals surface area (Å²) in [7, 11) is 0. The zero-order chi connectivity index (χ0) is 13.9. The highest BCUT2D eigenvalue weighted by molar-refractivity contribution is 6.05. The van der Waals surface area contributed by atoms with Gasteiger partial charge in [0.1, 0.15) is 5.75 Å². The van der Waals surface area contributed by atoms with Crippen molar-refractivity contribution in [2.75, 3.05) is 5.32 Å². The molecule has 0 radical (unpaired) electrons. The lowest BCUT2D eigenvalue weighted by Gasteiger charge is -2.06. The molecule has 20 heavy (non-hydrogen) atoms. The molecule has 0 atom stereocenters. The first-order chi connectivity index (χ1) is 9.74. The maximum atomic E-state index is 12.0. The predicted molar refractivity (Wildman–Crippen MR) is 75.6 cm³/mol. The lowest BCUT2D eigenvalue weighted by molar-refractivity contribution is 0.101. The zero-order valence-electron chi connectivity index (χ0n) is 10.4. The van der Waals surface area contributed by atoms with Crippen LogP contribution in [0.4, 0.5) is 5.69 Å². The van der Waals surface area contributed by atoms with E-state index in [-0.39, 0.29) is 11.4 Å². The van der Waals surface area contributed by atoms with Gasteiger partial charge in [-0.1, -0.05) is 6.07 Å². The second-order valence-electron chi connectivity index (χ2n) is 4.24. The summed E-state index contributed by atoms with van der Waals surface area (Å²) >= 11 is 0. The molecule has 0 fully saturated rings. The number of aromatic hydroxyl groups is 1. The van der Waals surface area contributed by atoms with Crippen LogP contribution in [0, 0.1) is 0 Å². The van der Waals surface area contributed by atoms with Gasteiger partial charge in [0.2, 0.25) is 0 Å². The van der Waals surface area contributed by atoms with Gasteiger partial charge < -0.3 is 10.4 Å². The summed E-state index contributed by atoms with van der Waals surface area (Å²) in [5.41, 5.74) is 1.48. The van der Waals surface area contributed by atoms with E-state index in [1.165, 1.54) is 12.3 Å². The van der Waals surface area contributed by atoms with Crippen LogP contribution in [0.1, 0.15) is 10.5 Å². The average Bonchev–Trinajstić information content (AvgIpc) is 2.47. The van der Waals surface area contributed by atoms with E-state index in [0.29, 0.717) is 5.69 Å². The van der Waals surface area contributed by atoms with Crippen LogP contribution in [-0.2, 0) is 0 Å². The van der Waals surface area contributed by atoms with Crippen molar-refractivity contribution in [3.05, 3.63) is 60.6 Å². The predicted octanol–water partition coefficient (Wildman–Crippen LogP) is 2.59. The summed E-state index contributed by atoms with van der Waals surface area (Å²) in [5.74, 6) is -0.598. The van der Waals surface area contributed by atoms with E-state index in [1.54, 1.807) is 18.3 Å². The first kappa shape index (κ1) is 12.1. The van der Waals surface area contributed by atoms with E-state index in [9.17, 15) is 9.90 Å². The molecule has 1 aromatic carbocycles. The molecule has 1 amide bonds. The van der Waals surface area contributed by atoms with Crippen molar-refractivity contribution in [2.45, 2.75) is 0 Å². The van der Waals surface area contributed by atoms with Crippen LogP contribution >= 0.6 is 0 Å². The van der Waals surface area contributed by atoms with Gasteiger partial charge in [0.15, 0.2) is 5.69 Å². The van der Waals surface area contributed by atoms with Gasteiger partial charge in [0.05, 0.1) is 5.52 Å². The quantitative estimate of drug-likeness (QED) is 0.746. The number of benzene rings is 1. The Morgan fingerprint density at radius 1 is 1.05 bits per heavy atom. The number of amides is 1. The first-order valence-electron chi connectivity index (χ1n) is 6.04. The van der Waals surface area contributed by atoms with Crippen LogP contribution in [0.3, 0.4) is 0 Å². The van der Waals surface area contributed by atoms with Crippen molar-refractivity contribution < 1.29 is 9.90 Å². The molecule has 0 spiro atoms. The van der Waals surface area contributed by atoms with Crippen molar-refractivity contribution in [3.63, 3.8) is 0 Å². The number of nitrogens with zero attached hydrogens (tertiary/aromatic N) is 2. The molecule has 3 aromatic rings. The molecule has 2 heterocycles. The zero-order valence-corrected chi connectivity index (χ0v) is 10.4. The molecule has 0 aliphatic carbocycles. The number of aromatic nitrogens is 2. The van der Waals surface area contributed by atoms with Crippen LogP contribution in [0.2, 0.25) is 0 Å². The van der Waals surface area contributed by atoms with Gasteiger partial charge in [-0.15, -0.1) is 0 Å². The van der Waals surface area contributed by atoms with Crippen LogP contribution in [0.15, 0.2) is 54.9 Å². The number of anilines is 1. The summed E-state index contributed by atoms with van der Waals surface area (Å²) in [6, 6.07) is 12.1. The highest BCUT2D eigenvalue weighted by Crippen LogP contribution is 2.19. The maximum Gasteiger partial charge on any atom is 0.278 e. The number of hydrogen-bond acceptors (Lipinski definition) is 4. The molecule has 0 aliphatic heterocycles. The number of carbonyl (C=O) groups is 1. The van der Waals surface area contributed by atoms with Crippen molar-refractivity contribution in [1.82, 2.24) is 9.97 Å². The number of carbonyl (C=O) groups excluding carboxylic acids is 1. The Morgan fingerprint density at radius 2 is 1.85 bits per heavy atom. The molecule has 0 bridgehead atoms. The average molecular weight is 265 g/mol. The Balaban J connectivity index is 1.89. The molecular weight excluding hydrogens is 254 g/mol. The third-order valence-corrected chi connectivity index (χ3v) is 2.86. The van der Waals surface area contributed by atoms with Crippen LogP contribution in [-0.4, -0.2) is 21.0 Å². The van der Waals surface area contributed by atoms with Crippen LogP contribution in [0.5, 0.6) is 5.75 Å². The second kappa shape index (κ2) is 4.97. The van der Waals surface area contributed by atoms with Gasteiger partial charge in [0.25, 0.3) is 5.91 Å². The van der Waals surface area contributed by atoms with Crippen molar-refractivity contribution >= 4 is 22.5 Å². The van der Waals surface area contributed by atoms with E-state index in [2.05, 4.69) is 15.3 Å². The number of nitrogens with one attached hydrogen (secondary N) is 1. The number of pyridine rings is 2. The van der Waals surface area contributed by atoms with Crippen LogP contribution < -0.4 is 5.32 Å². The fourth-order valence-electron chi connectivity index (χ4n) is 1.92. The van der Waals surface area contributed by atoms with Crippen molar-refractivity contribution in [2.24, 2.45) is 0 Å². The molecule has 5 nitrogen and oxygen atoms in total. The topological polar surface area (TPSA) is 75.1 Å². The number of rotatable bonds is 2. The molecule has 98 valence electrons. The monoisotopic (exact) mass is 265 g/mol. The third-order valence-electron chi connectivity index (χ3n) is 2.86. The van der Waals surface area contributed by atoms with E-state index in [4.69, 9.17) is 0 Å². The second-order valence-corrected chi connectivity index (χ2v) is 4.24. The van der Waals surface area contributed by atoms with Gasteiger partial charge in [-0.2, -0.15) is 0 Å². The fraction of sp³-hybridized carbons (Fsp3) is 0. The lowest BCUT2D eigenvalue weighted by atomic mass is 10.2. The molecular formula is C15H11N3O2. The Hall–Kier alpha value is -2.95. The highest BCUT2D eigenvalue weighted by atomic mass is 16.3. The van der Waals surface area contributed by atoms with Gasteiger partial charge in [-0.3, -0.25) is 9.78 Å². The SMILES string of the molecule is O=C(Nc1ccc2ncccc2c1)c1ncccc1O. The standard InChI is InChI=1S/C15H11N3O2/c19-13-4-2-8-17-14(13)15(20)18-11-5-6-12-10(9-11)3-1-7-16-12/h1-9,19H,(H,18,20). The molecule has 0 aliphatic rings. The van der Waals surface area contributed by atoms with Gasteiger partial charge in [0, 0.05) is 23.5 Å². The van der Waals surface area contributed by atoms with Gasteiger partial charge in [-0.05, 0) is 36.4 Å². The van der Waals surface area contributed by atoms with Crippen molar-refractivity contribution in [1.29, 1.82) is 0 Å². The summed E-state index contributed by atoms with van der Waals surface area (Å²) in [6.45, 7) is 0. The Kier molecular flexibility index (Phi) is 3.01. The molecule has 2 N–H and O–H groups in total. The van der Waals surface area contributed by atoms with E-state index in [0.717, 1.165) is 10.9 Å². The molecule has 0 unspecified atom stereocenters. The third kappa shape index (κ3) is 2.29. The summed E-state index contributed by atoms with van der Waals surface area (Å²) in [4.78, 5) is 20.1. The summed E-state index contributed by atoms with van der Waals surface area (Å²) < 4.78 is 0. The molecule has 0 saturated heterocycles. The summed E-state index contributed by atoms with van der Waals surface area (Å²) in [6.07, 6.45) is 3.17. The van der Waals surface area contributed by atoms with E-state index in [1.807, 2.05) is 24.3 Å². The van der Waals surface area contributed by atoms with E-state index < -0.39 is 5.91 Å². The minimum absolute atomic E-state index is 0.00113. The number of hydrogen-bond donors (Lipinski definition) is 2. The van der Waals surface area contributed by atoms with Crippen LogP contribution in [0.25, 0.3) is 10.9 Å². The smallest absolute Gasteiger partial charge is 0.278 e. The van der Waals surface area contributed by atoms with Crippen molar-refractivity contribution in [3.8, 4) is 5.75 Å². The van der Waals surface area contributed by atoms with Gasteiger partial charge >= 0.3 is 0 Å². The molecule has 3 rings (SSSR count). The Labute approximate surface area is 114 Å². The Morgan fingerprint density at radius 3 is 2.70 bits per heavy atom. The molecule has 5 heteroatoms. The number of fused-ring (bicyclic) bond motifs is 1. The van der Waals surface area contributed by atoms with Gasteiger partial charge in [-0.25, -0.2) is 4.98 Å². The Bertz CT molecular complexity index is 787. The molecule has 0 saturated carbocycles. The lowest BCUT2D eigenvalue weighted by Crippen LogP contribution is -2.13. The fourth-order valence-corrected chi connectivity index (χ4v) is 1.92. The maximum absolute atomic E-state index is 12.0.